The monoisotopic (exact) mass is 606 g/mol. The summed E-state index contributed by atoms with van der Waals surface area (Å²) in [5.74, 6) is 0. The van der Waals surface area contributed by atoms with Gasteiger partial charge in [-0.1, -0.05) is 12.8 Å². The molecule has 2 aliphatic rings. The molecule has 2 aliphatic carbocycles. The van der Waals surface area contributed by atoms with Crippen molar-refractivity contribution in [2.45, 2.75) is 61.9 Å². The molecule has 0 aliphatic heterocycles. The normalized spacial score (nSPS) is 18.9. The highest BCUT2D eigenvalue weighted by Crippen LogP contribution is 2.35. The van der Waals surface area contributed by atoms with Gasteiger partial charge in [0.15, 0.2) is 19.7 Å². The Morgan fingerprint density at radius 2 is 0.952 bits per heavy atom. The van der Waals surface area contributed by atoms with Crippen LogP contribution in [0.3, 0.4) is 0 Å². The molecule has 2 unspecified atom stereocenters. The molecule has 0 aromatic carbocycles. The minimum Gasteiger partial charge on any atom is -0.387 e. The van der Waals surface area contributed by atoms with E-state index in [0.29, 0.717) is 37.3 Å². The van der Waals surface area contributed by atoms with E-state index in [2.05, 4.69) is 10.6 Å². The molecule has 42 heavy (non-hydrogen) atoms. The second-order valence-electron chi connectivity index (χ2n) is 10.1. The van der Waals surface area contributed by atoms with Crippen molar-refractivity contribution in [2.24, 2.45) is 0 Å². The highest BCUT2D eigenvalue weighted by Gasteiger charge is 2.34. The number of hydrogen-bond acceptors (Lipinski definition) is 12. The summed E-state index contributed by atoms with van der Waals surface area (Å²) in [6, 6.07) is 11.0. The number of hydrogen-bond donors (Lipinski definition) is 2. The fraction of sp³-hybridized carbons (Fsp3) is 0.500. The zero-order chi connectivity index (χ0) is 31.5. The largest absolute Gasteiger partial charge is 0.387 e. The van der Waals surface area contributed by atoms with Gasteiger partial charge in [0.1, 0.15) is 47.6 Å². The minimum absolute atomic E-state index is 0.0726. The molecule has 0 bridgehead atoms. The van der Waals surface area contributed by atoms with Crippen molar-refractivity contribution in [3.63, 3.8) is 0 Å². The lowest BCUT2D eigenvalue weighted by Gasteiger charge is -2.27. The van der Waals surface area contributed by atoms with Crippen molar-refractivity contribution in [3.05, 3.63) is 44.8 Å². The maximum Gasteiger partial charge on any atom is 0.151 e. The number of nitrogens with zero attached hydrogens (tertiary/aromatic N) is 6. The molecule has 0 aromatic rings. The third-order valence-electron chi connectivity index (χ3n) is 7.20. The fourth-order valence-corrected chi connectivity index (χ4v) is 6.76. The Kier molecular flexibility index (Phi) is 11.9. The van der Waals surface area contributed by atoms with E-state index in [4.69, 9.17) is 0 Å². The van der Waals surface area contributed by atoms with Gasteiger partial charge in [-0.15, -0.1) is 0 Å². The Morgan fingerprint density at radius 1 is 0.619 bits per heavy atom. The van der Waals surface area contributed by atoms with Crippen LogP contribution in [0.1, 0.15) is 51.4 Å². The molecular formula is C28H30N8O4S2. The molecule has 0 fully saturated rings. The Labute approximate surface area is 247 Å². The van der Waals surface area contributed by atoms with Gasteiger partial charge in [0.25, 0.3) is 0 Å². The second-order valence-corrected chi connectivity index (χ2v) is 14.7. The predicted molar refractivity (Wildman–Crippen MR) is 152 cm³/mol. The van der Waals surface area contributed by atoms with E-state index < -0.39 is 30.2 Å². The fourth-order valence-electron chi connectivity index (χ4n) is 4.88. The minimum atomic E-state index is -3.49. The van der Waals surface area contributed by atoms with E-state index >= 15 is 0 Å². The summed E-state index contributed by atoms with van der Waals surface area (Å²) in [5.41, 5.74) is 0.767. The van der Waals surface area contributed by atoms with Gasteiger partial charge < -0.3 is 10.6 Å². The predicted octanol–water partition coefficient (Wildman–Crippen LogP) is 2.38. The average molecular weight is 607 g/mol. The lowest BCUT2D eigenvalue weighted by Crippen LogP contribution is -2.31. The first-order valence-electron chi connectivity index (χ1n) is 13.1. The molecule has 218 valence electrons. The van der Waals surface area contributed by atoms with E-state index in [0.717, 1.165) is 25.4 Å². The third-order valence-corrected chi connectivity index (χ3v) is 10.3. The molecule has 0 amide bonds. The molecule has 0 aromatic heterocycles. The molecule has 2 rings (SSSR count). The highest BCUT2D eigenvalue weighted by molar-refractivity contribution is 7.91. The van der Waals surface area contributed by atoms with Gasteiger partial charge in [0.05, 0.1) is 21.6 Å². The molecule has 0 heterocycles. The first kappa shape index (κ1) is 33.6. The van der Waals surface area contributed by atoms with Crippen molar-refractivity contribution >= 4 is 19.7 Å². The molecule has 0 saturated heterocycles. The number of rotatable bonds is 11. The summed E-state index contributed by atoms with van der Waals surface area (Å²) in [6.45, 7) is 0.871. The molecule has 2 N–H and O–H groups in total. The van der Waals surface area contributed by atoms with E-state index in [9.17, 15) is 48.4 Å². The highest BCUT2D eigenvalue weighted by atomic mass is 32.2. The summed E-state index contributed by atoms with van der Waals surface area (Å²) in [7, 11) is -6.99. The standard InChI is InChI=1S/C28H30N8O4S2/c1-41(37,38)21-9-23(19(13-29)14-30)25(17-33)27(11-21)35-7-5-3-4-6-8-36-28-12-22(42(2,39)40)10-24(26(28)18-34)20(15-31)16-32/h21-22,35-36H,3-12H2,1-2H3. The van der Waals surface area contributed by atoms with Crippen LogP contribution in [-0.2, 0) is 19.7 Å². The Morgan fingerprint density at radius 3 is 1.21 bits per heavy atom. The van der Waals surface area contributed by atoms with E-state index in [1.807, 2.05) is 12.1 Å². The lowest BCUT2D eigenvalue weighted by atomic mass is 9.88. The van der Waals surface area contributed by atoms with Crippen LogP contribution in [0.2, 0.25) is 0 Å². The quantitative estimate of drug-likeness (QED) is 0.255. The van der Waals surface area contributed by atoms with Crippen LogP contribution >= 0.6 is 0 Å². The summed E-state index contributed by atoms with van der Waals surface area (Å²) in [6.07, 6.45) is 5.07. The summed E-state index contributed by atoms with van der Waals surface area (Å²) in [5, 5.41) is 61.1. The van der Waals surface area contributed by atoms with Crippen LogP contribution in [0.5, 0.6) is 0 Å². The van der Waals surface area contributed by atoms with Crippen molar-refractivity contribution in [3.8, 4) is 36.4 Å². The zero-order valence-corrected chi connectivity index (χ0v) is 25.0. The first-order chi connectivity index (χ1) is 19.9. The summed E-state index contributed by atoms with van der Waals surface area (Å²) in [4.78, 5) is 0. The molecule has 12 nitrogen and oxygen atoms in total. The molecule has 2 atom stereocenters. The van der Waals surface area contributed by atoms with Crippen molar-refractivity contribution < 1.29 is 16.8 Å². The zero-order valence-electron chi connectivity index (χ0n) is 23.4. The Bertz CT molecular complexity index is 1550. The summed E-state index contributed by atoms with van der Waals surface area (Å²) >= 11 is 0. The van der Waals surface area contributed by atoms with Crippen molar-refractivity contribution in [2.75, 3.05) is 25.6 Å². The molecule has 14 heteroatoms. The van der Waals surface area contributed by atoms with Crippen LogP contribution in [0, 0.1) is 68.0 Å². The molecule has 0 spiro atoms. The number of nitrogens with one attached hydrogen (secondary N) is 2. The van der Waals surface area contributed by atoms with Gasteiger partial charge in [0, 0.05) is 61.0 Å². The number of sulfone groups is 2. The van der Waals surface area contributed by atoms with Crippen LogP contribution < -0.4 is 10.6 Å². The van der Waals surface area contributed by atoms with Crippen molar-refractivity contribution in [1.29, 1.82) is 31.6 Å². The average Bonchev–Trinajstić information content (AvgIpc) is 2.94. The van der Waals surface area contributed by atoms with E-state index in [1.165, 1.54) is 0 Å². The first-order valence-corrected chi connectivity index (χ1v) is 17.0. The maximum absolute atomic E-state index is 12.2. The van der Waals surface area contributed by atoms with Crippen LogP contribution in [0.25, 0.3) is 0 Å². The summed E-state index contributed by atoms with van der Waals surface area (Å²) < 4.78 is 49.0. The van der Waals surface area contributed by atoms with Crippen LogP contribution in [0.15, 0.2) is 44.8 Å². The number of nitriles is 6. The second kappa shape index (κ2) is 14.9. The number of unbranched alkanes of at least 4 members (excludes halogenated alkanes) is 3. The van der Waals surface area contributed by atoms with Crippen LogP contribution in [0.4, 0.5) is 0 Å². The van der Waals surface area contributed by atoms with E-state index in [1.54, 1.807) is 24.3 Å². The van der Waals surface area contributed by atoms with Gasteiger partial charge in [-0.3, -0.25) is 0 Å². The maximum atomic E-state index is 12.2. The van der Waals surface area contributed by atoms with Gasteiger partial charge in [0.2, 0.25) is 0 Å². The third kappa shape index (κ3) is 8.45. The topological polar surface area (TPSA) is 235 Å². The SMILES string of the molecule is CS(=O)(=O)C1CC(NCCCCCCNC2=C(C#N)C(=C(C#N)C#N)CC(S(C)(=O)=O)C2)=C(C#N)C(=C(C#N)C#N)C1. The Hall–Kier alpha value is -4.60. The van der Waals surface area contributed by atoms with Crippen molar-refractivity contribution in [1.82, 2.24) is 10.6 Å². The van der Waals surface area contributed by atoms with Gasteiger partial charge in [-0.05, 0) is 25.7 Å². The molecule has 0 radical (unpaired) electrons. The van der Waals surface area contributed by atoms with Gasteiger partial charge >= 0.3 is 0 Å². The van der Waals surface area contributed by atoms with Gasteiger partial charge in [-0.25, -0.2) is 16.8 Å². The molecule has 0 saturated carbocycles. The van der Waals surface area contributed by atoms with Crippen LogP contribution in [-0.4, -0.2) is 52.9 Å². The van der Waals surface area contributed by atoms with E-state index in [-0.39, 0.29) is 59.1 Å². The smallest absolute Gasteiger partial charge is 0.151 e. The van der Waals surface area contributed by atoms with Gasteiger partial charge in [-0.2, -0.15) is 31.6 Å². The molecular weight excluding hydrogens is 576 g/mol. The number of allylic oxidation sites excluding steroid dienone is 8. The lowest BCUT2D eigenvalue weighted by molar-refractivity contribution is 0.557. The Balaban J connectivity index is 2.02.